The van der Waals surface area contributed by atoms with Crippen LogP contribution in [-0.4, -0.2) is 41.0 Å². The minimum absolute atomic E-state index is 0.00562. The summed E-state index contributed by atoms with van der Waals surface area (Å²) in [6.45, 7) is 0.756. The van der Waals surface area contributed by atoms with Crippen molar-refractivity contribution in [2.24, 2.45) is 0 Å². The third kappa shape index (κ3) is 3.88. The van der Waals surface area contributed by atoms with Crippen LogP contribution in [0.1, 0.15) is 37.3 Å². The fourth-order valence-electron chi connectivity index (χ4n) is 3.11. The van der Waals surface area contributed by atoms with Crippen LogP contribution >= 0.6 is 0 Å². The maximum Gasteiger partial charge on any atom is 0.263 e. The molecule has 6 nitrogen and oxygen atoms in total. The van der Waals surface area contributed by atoms with E-state index in [1.165, 1.54) is 4.85 Å². The number of methoxy groups -OCH3 is 1. The summed E-state index contributed by atoms with van der Waals surface area (Å²) in [5.41, 5.74) is 1.14. The van der Waals surface area contributed by atoms with Gasteiger partial charge in [-0.05, 0) is 36.6 Å². The zero-order chi connectivity index (χ0) is 16.8. The van der Waals surface area contributed by atoms with Crippen molar-refractivity contribution in [3.63, 3.8) is 0 Å². The van der Waals surface area contributed by atoms with Crippen LogP contribution in [0.4, 0.5) is 0 Å². The first-order chi connectivity index (χ1) is 11.8. The number of amides is 1. The Kier molecular flexibility index (Phi) is 5.36. The van der Waals surface area contributed by atoms with E-state index in [4.69, 9.17) is 9.57 Å². The van der Waals surface area contributed by atoms with Gasteiger partial charge >= 0.3 is 0 Å². The van der Waals surface area contributed by atoms with E-state index in [1.807, 2.05) is 29.2 Å². The molecule has 1 amide bonds. The van der Waals surface area contributed by atoms with Crippen molar-refractivity contribution in [3.05, 3.63) is 48.3 Å². The molecule has 3 rings (SSSR count). The van der Waals surface area contributed by atoms with Crippen molar-refractivity contribution in [1.29, 1.82) is 0 Å². The smallest absolute Gasteiger partial charge is 0.263 e. The SMILES string of the molecule is COc1ccc(C2CCCCCN2C(=O)COn2cccn2)cc1. The summed E-state index contributed by atoms with van der Waals surface area (Å²) in [5, 5.41) is 3.96. The van der Waals surface area contributed by atoms with Gasteiger partial charge in [0.25, 0.3) is 5.91 Å². The summed E-state index contributed by atoms with van der Waals surface area (Å²) >= 11 is 0. The summed E-state index contributed by atoms with van der Waals surface area (Å²) in [5.74, 6) is 0.820. The topological polar surface area (TPSA) is 56.6 Å². The van der Waals surface area contributed by atoms with Crippen LogP contribution in [0.5, 0.6) is 5.75 Å². The van der Waals surface area contributed by atoms with E-state index in [0.29, 0.717) is 0 Å². The number of rotatable bonds is 5. The molecule has 0 spiro atoms. The number of aromatic nitrogens is 2. The molecule has 1 aliphatic rings. The van der Waals surface area contributed by atoms with Crippen LogP contribution in [0, 0.1) is 0 Å². The van der Waals surface area contributed by atoms with Crippen LogP contribution in [0.3, 0.4) is 0 Å². The second-order valence-electron chi connectivity index (χ2n) is 5.91. The Morgan fingerprint density at radius 1 is 1.25 bits per heavy atom. The van der Waals surface area contributed by atoms with Gasteiger partial charge < -0.3 is 14.5 Å². The van der Waals surface area contributed by atoms with Crippen LogP contribution in [0.25, 0.3) is 0 Å². The molecule has 2 aromatic rings. The minimum atomic E-state index is -0.00628. The molecular formula is C18H23N3O3. The van der Waals surface area contributed by atoms with Crippen LogP contribution < -0.4 is 9.57 Å². The lowest BCUT2D eigenvalue weighted by Crippen LogP contribution is -2.39. The predicted octanol–water partition coefficient (Wildman–Crippen LogP) is 2.46. The number of nitrogens with zero attached hydrogens (tertiary/aromatic N) is 3. The Morgan fingerprint density at radius 3 is 2.79 bits per heavy atom. The summed E-state index contributed by atoms with van der Waals surface area (Å²) in [4.78, 5) is 21.4. The third-order valence-electron chi connectivity index (χ3n) is 4.37. The van der Waals surface area contributed by atoms with Gasteiger partial charge in [0.05, 0.1) is 25.5 Å². The molecule has 0 aliphatic carbocycles. The minimum Gasteiger partial charge on any atom is -0.497 e. The highest BCUT2D eigenvalue weighted by Gasteiger charge is 2.27. The first kappa shape index (κ1) is 16.4. The van der Waals surface area contributed by atoms with Gasteiger partial charge in [-0.15, -0.1) is 9.94 Å². The highest BCUT2D eigenvalue weighted by Crippen LogP contribution is 2.31. The molecule has 1 saturated heterocycles. The summed E-state index contributed by atoms with van der Waals surface area (Å²) in [6.07, 6.45) is 7.57. The van der Waals surface area contributed by atoms with Crippen molar-refractivity contribution in [2.75, 3.05) is 20.3 Å². The summed E-state index contributed by atoms with van der Waals surface area (Å²) < 4.78 is 5.23. The predicted molar refractivity (Wildman–Crippen MR) is 89.6 cm³/mol. The van der Waals surface area contributed by atoms with Crippen molar-refractivity contribution < 1.29 is 14.4 Å². The summed E-state index contributed by atoms with van der Waals surface area (Å²) in [7, 11) is 1.66. The number of ether oxygens (including phenoxy) is 1. The Balaban J connectivity index is 1.72. The molecule has 0 radical (unpaired) electrons. The molecule has 2 heterocycles. The molecule has 0 bridgehead atoms. The Hall–Kier alpha value is -2.50. The van der Waals surface area contributed by atoms with Crippen molar-refractivity contribution in [3.8, 4) is 5.75 Å². The quantitative estimate of drug-likeness (QED) is 0.845. The maximum atomic E-state index is 12.7. The molecule has 0 N–H and O–H groups in total. The fraction of sp³-hybridized carbons (Fsp3) is 0.444. The molecule has 0 saturated carbocycles. The van der Waals surface area contributed by atoms with Crippen molar-refractivity contribution in [2.45, 2.75) is 31.7 Å². The number of hydrogen-bond acceptors (Lipinski definition) is 4. The van der Waals surface area contributed by atoms with E-state index < -0.39 is 0 Å². The monoisotopic (exact) mass is 329 g/mol. The molecule has 1 atom stereocenters. The van der Waals surface area contributed by atoms with Gasteiger partial charge in [-0.25, -0.2) is 0 Å². The van der Waals surface area contributed by atoms with E-state index in [0.717, 1.165) is 43.5 Å². The van der Waals surface area contributed by atoms with E-state index in [9.17, 15) is 4.79 Å². The Labute approximate surface area is 141 Å². The van der Waals surface area contributed by atoms with Gasteiger partial charge in [-0.2, -0.15) is 0 Å². The average molecular weight is 329 g/mol. The molecule has 1 fully saturated rings. The molecule has 1 unspecified atom stereocenters. The van der Waals surface area contributed by atoms with Crippen LogP contribution in [-0.2, 0) is 4.79 Å². The largest absolute Gasteiger partial charge is 0.497 e. The lowest BCUT2D eigenvalue weighted by atomic mass is 10.0. The van der Waals surface area contributed by atoms with Gasteiger partial charge in [0, 0.05) is 6.54 Å². The second kappa shape index (κ2) is 7.86. The van der Waals surface area contributed by atoms with Gasteiger partial charge in [0.2, 0.25) is 0 Å². The second-order valence-corrected chi connectivity index (χ2v) is 5.91. The van der Waals surface area contributed by atoms with Crippen molar-refractivity contribution in [1.82, 2.24) is 14.8 Å². The molecule has 24 heavy (non-hydrogen) atoms. The van der Waals surface area contributed by atoms with Gasteiger partial charge in [0.15, 0.2) is 6.61 Å². The number of carbonyl (C=O) groups is 1. The molecule has 1 aromatic carbocycles. The first-order valence-corrected chi connectivity index (χ1v) is 8.34. The fourth-order valence-corrected chi connectivity index (χ4v) is 3.11. The first-order valence-electron chi connectivity index (χ1n) is 8.34. The molecule has 1 aromatic heterocycles. The van der Waals surface area contributed by atoms with Gasteiger partial charge in [0.1, 0.15) is 5.75 Å². The van der Waals surface area contributed by atoms with Crippen molar-refractivity contribution >= 4 is 5.91 Å². The third-order valence-corrected chi connectivity index (χ3v) is 4.37. The summed E-state index contributed by atoms with van der Waals surface area (Å²) in [6, 6.07) is 9.84. The number of carbonyl (C=O) groups excluding carboxylic acids is 1. The zero-order valence-electron chi connectivity index (χ0n) is 13.9. The standard InChI is InChI=1S/C18H23N3O3/c1-23-16-9-7-15(8-10-16)17-6-3-2-4-12-20(17)18(22)14-24-21-13-5-11-19-21/h5,7-11,13,17H,2-4,6,12,14H2,1H3. The molecule has 1 aliphatic heterocycles. The lowest BCUT2D eigenvalue weighted by molar-refractivity contribution is -0.139. The molecule has 6 heteroatoms. The van der Waals surface area contributed by atoms with Gasteiger partial charge in [-0.1, -0.05) is 25.0 Å². The highest BCUT2D eigenvalue weighted by atomic mass is 16.7. The van der Waals surface area contributed by atoms with Gasteiger partial charge in [-0.3, -0.25) is 4.79 Å². The number of benzene rings is 1. The number of hydrogen-bond donors (Lipinski definition) is 0. The lowest BCUT2D eigenvalue weighted by Gasteiger charge is -2.30. The maximum absolute atomic E-state index is 12.7. The van der Waals surface area contributed by atoms with E-state index in [-0.39, 0.29) is 18.6 Å². The Morgan fingerprint density at radius 2 is 2.08 bits per heavy atom. The van der Waals surface area contributed by atoms with Crippen LogP contribution in [0.2, 0.25) is 0 Å². The normalized spacial score (nSPS) is 18.0. The zero-order valence-corrected chi connectivity index (χ0v) is 13.9. The number of likely N-dealkylation sites (tertiary alicyclic amines) is 1. The Bertz CT molecular complexity index is 640. The highest BCUT2D eigenvalue weighted by molar-refractivity contribution is 5.78. The molecular weight excluding hydrogens is 306 g/mol. The van der Waals surface area contributed by atoms with E-state index >= 15 is 0 Å². The average Bonchev–Trinajstić information content (AvgIpc) is 3.02. The van der Waals surface area contributed by atoms with E-state index in [1.54, 1.807) is 25.6 Å². The molecule has 128 valence electrons. The van der Waals surface area contributed by atoms with Crippen LogP contribution in [0.15, 0.2) is 42.7 Å². The van der Waals surface area contributed by atoms with E-state index in [2.05, 4.69) is 5.10 Å².